The number of carbonyl (C=O) groups is 2. The maximum atomic E-state index is 12.8. The summed E-state index contributed by atoms with van der Waals surface area (Å²) in [7, 11) is 0. The van der Waals surface area contributed by atoms with Gasteiger partial charge in [-0.3, -0.25) is 9.59 Å². The third kappa shape index (κ3) is 6.38. The molecular formula is C31H25N3O3S. The van der Waals surface area contributed by atoms with Crippen molar-refractivity contribution in [3.8, 4) is 11.5 Å². The van der Waals surface area contributed by atoms with E-state index in [9.17, 15) is 9.59 Å². The van der Waals surface area contributed by atoms with Gasteiger partial charge in [-0.05, 0) is 73.2 Å². The van der Waals surface area contributed by atoms with Crippen LogP contribution in [0.4, 0.5) is 11.4 Å². The van der Waals surface area contributed by atoms with E-state index in [2.05, 4.69) is 15.6 Å². The number of nitrogens with one attached hydrogen (secondary N) is 2. The monoisotopic (exact) mass is 519 g/mol. The molecule has 2 N–H and O–H groups in total. The van der Waals surface area contributed by atoms with E-state index in [1.165, 1.54) is 17.8 Å². The van der Waals surface area contributed by atoms with Crippen LogP contribution in [0.5, 0.6) is 0 Å². The minimum atomic E-state index is -0.351. The number of benzene rings is 4. The molecule has 0 aliphatic rings. The fraction of sp³-hybridized carbons (Fsp3) is 0.0645. The number of amides is 2. The summed E-state index contributed by atoms with van der Waals surface area (Å²) in [6.45, 7) is 1.85. The van der Waals surface area contributed by atoms with Gasteiger partial charge in [0.1, 0.15) is 5.52 Å². The van der Waals surface area contributed by atoms with Gasteiger partial charge in [0.15, 0.2) is 5.58 Å². The maximum Gasteiger partial charge on any atom is 0.248 e. The Balaban J connectivity index is 1.16. The Morgan fingerprint density at radius 2 is 1.61 bits per heavy atom. The highest BCUT2D eigenvalue weighted by Gasteiger charge is 2.16. The maximum absolute atomic E-state index is 12.8. The lowest BCUT2D eigenvalue weighted by molar-refractivity contribution is -0.115. The number of aromatic nitrogens is 1. The van der Waals surface area contributed by atoms with Crippen molar-refractivity contribution in [3.63, 3.8) is 0 Å². The molecule has 0 saturated carbocycles. The molecule has 5 rings (SSSR count). The molecule has 38 heavy (non-hydrogen) atoms. The minimum Gasteiger partial charge on any atom is -0.436 e. The van der Waals surface area contributed by atoms with Crippen molar-refractivity contribution in [1.29, 1.82) is 0 Å². The lowest BCUT2D eigenvalue weighted by atomic mass is 10.2. The van der Waals surface area contributed by atoms with Gasteiger partial charge in [0.25, 0.3) is 0 Å². The third-order valence-electron chi connectivity index (χ3n) is 5.70. The first-order chi connectivity index (χ1) is 18.5. The normalized spacial score (nSPS) is 11.9. The second-order valence-electron chi connectivity index (χ2n) is 8.57. The topological polar surface area (TPSA) is 84.2 Å². The Labute approximate surface area is 224 Å². The smallest absolute Gasteiger partial charge is 0.248 e. The highest BCUT2D eigenvalue weighted by atomic mass is 32.2. The predicted octanol–water partition coefficient (Wildman–Crippen LogP) is 7.27. The van der Waals surface area contributed by atoms with Crippen LogP contribution in [0.3, 0.4) is 0 Å². The molecule has 0 aliphatic heterocycles. The number of carbonyl (C=O) groups excluding carboxylic acids is 2. The highest BCUT2D eigenvalue weighted by molar-refractivity contribution is 8.00. The van der Waals surface area contributed by atoms with Crippen molar-refractivity contribution in [2.45, 2.75) is 17.1 Å². The van der Waals surface area contributed by atoms with Crippen molar-refractivity contribution >= 4 is 52.1 Å². The van der Waals surface area contributed by atoms with Crippen molar-refractivity contribution < 1.29 is 14.0 Å². The fourth-order valence-electron chi connectivity index (χ4n) is 3.76. The van der Waals surface area contributed by atoms with Gasteiger partial charge in [-0.2, -0.15) is 0 Å². The van der Waals surface area contributed by atoms with Crippen LogP contribution in [-0.4, -0.2) is 22.0 Å². The van der Waals surface area contributed by atoms with E-state index in [1.807, 2.05) is 110 Å². The summed E-state index contributed by atoms with van der Waals surface area (Å²) in [5.41, 5.74) is 4.68. The second kappa shape index (κ2) is 11.6. The van der Waals surface area contributed by atoms with E-state index in [-0.39, 0.29) is 17.1 Å². The minimum absolute atomic E-state index is 0.121. The number of thioether (sulfide) groups is 1. The number of para-hydroxylation sites is 2. The van der Waals surface area contributed by atoms with Crippen LogP contribution in [0.1, 0.15) is 12.5 Å². The van der Waals surface area contributed by atoms with Gasteiger partial charge in [-0.15, -0.1) is 11.8 Å². The first kappa shape index (κ1) is 25.0. The molecule has 0 aliphatic carbocycles. The molecule has 2 amide bonds. The Bertz CT molecular complexity index is 1560. The molecule has 188 valence electrons. The van der Waals surface area contributed by atoms with Crippen LogP contribution in [0.25, 0.3) is 28.6 Å². The van der Waals surface area contributed by atoms with Crippen LogP contribution in [-0.2, 0) is 9.59 Å². The summed E-state index contributed by atoms with van der Waals surface area (Å²) in [6, 6.07) is 32.1. The summed E-state index contributed by atoms with van der Waals surface area (Å²) < 4.78 is 5.82. The van der Waals surface area contributed by atoms with E-state index in [0.29, 0.717) is 17.3 Å². The SMILES string of the molecule is CC(Sc1cccc(NC(=O)/C=C/c2ccccc2)c1)C(=O)Nc1ccc(-c2nc3ccccc3o2)cc1. The second-order valence-corrected chi connectivity index (χ2v) is 9.99. The molecule has 0 fully saturated rings. The number of fused-ring (bicyclic) bond motifs is 1. The number of hydrogen-bond acceptors (Lipinski definition) is 5. The summed E-state index contributed by atoms with van der Waals surface area (Å²) in [5, 5.41) is 5.48. The van der Waals surface area contributed by atoms with Crippen molar-refractivity contribution in [3.05, 3.63) is 115 Å². The van der Waals surface area contributed by atoms with Crippen molar-refractivity contribution in [1.82, 2.24) is 4.98 Å². The van der Waals surface area contributed by atoms with E-state index in [1.54, 1.807) is 6.08 Å². The highest BCUT2D eigenvalue weighted by Crippen LogP contribution is 2.28. The predicted molar refractivity (Wildman–Crippen MR) is 154 cm³/mol. The molecule has 1 unspecified atom stereocenters. The van der Waals surface area contributed by atoms with Crippen molar-refractivity contribution in [2.75, 3.05) is 10.6 Å². The van der Waals surface area contributed by atoms with E-state index in [0.717, 1.165) is 27.1 Å². The van der Waals surface area contributed by atoms with Gasteiger partial charge in [-0.1, -0.05) is 48.5 Å². The lowest BCUT2D eigenvalue weighted by Crippen LogP contribution is -2.22. The Morgan fingerprint density at radius 1 is 0.842 bits per heavy atom. The zero-order valence-electron chi connectivity index (χ0n) is 20.6. The number of rotatable bonds is 8. The van der Waals surface area contributed by atoms with Gasteiger partial charge in [0.2, 0.25) is 17.7 Å². The largest absolute Gasteiger partial charge is 0.436 e. The zero-order valence-corrected chi connectivity index (χ0v) is 21.4. The van der Waals surface area contributed by atoms with Crippen LogP contribution >= 0.6 is 11.8 Å². The molecule has 1 atom stereocenters. The Hall–Kier alpha value is -4.62. The summed E-state index contributed by atoms with van der Waals surface area (Å²) >= 11 is 1.42. The summed E-state index contributed by atoms with van der Waals surface area (Å²) in [6.07, 6.45) is 3.26. The van der Waals surface area contributed by atoms with Gasteiger partial charge >= 0.3 is 0 Å². The number of nitrogens with zero attached hydrogens (tertiary/aromatic N) is 1. The first-order valence-electron chi connectivity index (χ1n) is 12.1. The summed E-state index contributed by atoms with van der Waals surface area (Å²) in [5.74, 6) is 0.198. The average molecular weight is 520 g/mol. The number of hydrogen-bond donors (Lipinski definition) is 2. The van der Waals surface area contributed by atoms with Crippen LogP contribution in [0, 0.1) is 0 Å². The molecule has 0 radical (unpaired) electrons. The molecule has 1 aromatic heterocycles. The molecule has 5 aromatic rings. The van der Waals surface area contributed by atoms with Crippen LogP contribution < -0.4 is 10.6 Å². The molecule has 1 heterocycles. The molecule has 0 spiro atoms. The van der Waals surface area contributed by atoms with Crippen LogP contribution in [0.15, 0.2) is 119 Å². The standard InChI is InChI=1S/C31H25N3O3S/c1-21(38-26-11-7-10-25(20-26)32-29(35)19-14-22-8-3-2-4-9-22)30(36)33-24-17-15-23(16-18-24)31-34-27-12-5-6-13-28(27)37-31/h2-21H,1H3,(H,32,35)(H,33,36)/b19-14+. The summed E-state index contributed by atoms with van der Waals surface area (Å²) in [4.78, 5) is 30.5. The van der Waals surface area contributed by atoms with Gasteiger partial charge in [-0.25, -0.2) is 4.98 Å². The van der Waals surface area contributed by atoms with E-state index < -0.39 is 0 Å². The Morgan fingerprint density at radius 3 is 2.39 bits per heavy atom. The quantitative estimate of drug-likeness (QED) is 0.166. The third-order valence-corrected chi connectivity index (χ3v) is 6.80. The first-order valence-corrected chi connectivity index (χ1v) is 13.0. The van der Waals surface area contributed by atoms with E-state index >= 15 is 0 Å². The number of anilines is 2. The van der Waals surface area contributed by atoms with E-state index in [4.69, 9.17) is 4.42 Å². The Kier molecular flexibility index (Phi) is 7.66. The molecule has 6 nitrogen and oxygen atoms in total. The fourth-order valence-corrected chi connectivity index (χ4v) is 4.69. The zero-order chi connectivity index (χ0) is 26.3. The van der Waals surface area contributed by atoms with Gasteiger partial charge < -0.3 is 15.1 Å². The van der Waals surface area contributed by atoms with Crippen LogP contribution in [0.2, 0.25) is 0 Å². The molecule has 4 aromatic carbocycles. The molecule has 7 heteroatoms. The molecular weight excluding hydrogens is 494 g/mol. The van der Waals surface area contributed by atoms with Crippen molar-refractivity contribution in [2.24, 2.45) is 0 Å². The molecule has 0 saturated heterocycles. The lowest BCUT2D eigenvalue weighted by Gasteiger charge is -2.13. The molecule has 0 bridgehead atoms. The number of oxazole rings is 1. The average Bonchev–Trinajstić information content (AvgIpc) is 3.37. The van der Waals surface area contributed by atoms with Gasteiger partial charge in [0.05, 0.1) is 5.25 Å². The van der Waals surface area contributed by atoms with Gasteiger partial charge in [0, 0.05) is 27.9 Å².